The molecule has 0 aliphatic carbocycles. The summed E-state index contributed by atoms with van der Waals surface area (Å²) in [7, 11) is 0. The van der Waals surface area contributed by atoms with Crippen LogP contribution in [0.15, 0.2) is 0 Å². The van der Waals surface area contributed by atoms with Crippen LogP contribution >= 0.6 is 0 Å². The van der Waals surface area contributed by atoms with E-state index in [2.05, 4.69) is 38.8 Å². The maximum absolute atomic E-state index is 13.0. The van der Waals surface area contributed by atoms with Gasteiger partial charge in [0.15, 0.2) is 5.41 Å². The molecule has 0 aromatic carbocycles. The van der Waals surface area contributed by atoms with Crippen molar-refractivity contribution in [1.29, 1.82) is 0 Å². The zero-order valence-electron chi connectivity index (χ0n) is 16.7. The monoisotopic (exact) mass is 384 g/mol. The maximum Gasteiger partial charge on any atom is 0.324 e. The van der Waals surface area contributed by atoms with Crippen molar-refractivity contribution < 1.29 is 14.3 Å². The van der Waals surface area contributed by atoms with E-state index < -0.39 is 11.4 Å². The van der Waals surface area contributed by atoms with E-state index in [-0.39, 0.29) is 31.0 Å². The summed E-state index contributed by atoms with van der Waals surface area (Å²) in [6.07, 6.45) is 0. The molecule has 3 saturated heterocycles. The number of nitrogens with one attached hydrogen (secondary N) is 6. The number of hydrogen-bond acceptors (Lipinski definition) is 8. The Labute approximate surface area is 162 Å². The Morgan fingerprint density at radius 2 is 1.30 bits per heavy atom. The highest BCUT2D eigenvalue weighted by atomic mass is 16.5. The summed E-state index contributed by atoms with van der Waals surface area (Å²) >= 11 is 0. The number of carbonyl (C=O) groups is 2. The van der Waals surface area contributed by atoms with Gasteiger partial charge in [-0.25, -0.2) is 0 Å². The van der Waals surface area contributed by atoms with E-state index in [1.165, 1.54) is 0 Å². The highest BCUT2D eigenvalue weighted by molar-refractivity contribution is 6.03. The Kier molecular flexibility index (Phi) is 8.91. The largest absolute Gasteiger partial charge is 0.465 e. The van der Waals surface area contributed by atoms with Crippen LogP contribution in [0.2, 0.25) is 0 Å². The highest BCUT2D eigenvalue weighted by Crippen LogP contribution is 2.19. The van der Waals surface area contributed by atoms with Crippen molar-refractivity contribution >= 4 is 11.9 Å². The molecule has 1 amide bonds. The normalized spacial score (nSPS) is 32.1. The van der Waals surface area contributed by atoms with Gasteiger partial charge in [-0.3, -0.25) is 9.59 Å². The molecule has 3 heterocycles. The van der Waals surface area contributed by atoms with E-state index in [4.69, 9.17) is 4.74 Å². The summed E-state index contributed by atoms with van der Waals surface area (Å²) in [4.78, 5) is 25.8. The fourth-order valence-corrected chi connectivity index (χ4v) is 3.48. The van der Waals surface area contributed by atoms with Crippen LogP contribution in [-0.4, -0.2) is 90.5 Å². The first-order valence-corrected chi connectivity index (χ1v) is 10.0. The average molecular weight is 385 g/mol. The van der Waals surface area contributed by atoms with Crippen molar-refractivity contribution in [2.45, 2.75) is 13.8 Å². The van der Waals surface area contributed by atoms with Crippen LogP contribution in [0, 0.1) is 10.8 Å². The summed E-state index contributed by atoms with van der Waals surface area (Å²) in [5.74, 6) is -0.774. The van der Waals surface area contributed by atoms with Gasteiger partial charge in [-0.2, -0.15) is 0 Å². The van der Waals surface area contributed by atoms with Gasteiger partial charge in [0.2, 0.25) is 5.91 Å². The molecule has 0 saturated carbocycles. The quantitative estimate of drug-likeness (QED) is 0.231. The van der Waals surface area contributed by atoms with Crippen LogP contribution in [-0.2, 0) is 14.3 Å². The molecular formula is C18H36N6O3. The van der Waals surface area contributed by atoms with Gasteiger partial charge in [0.25, 0.3) is 0 Å². The summed E-state index contributed by atoms with van der Waals surface area (Å²) in [5.41, 5.74) is -1.20. The number of ether oxygens (including phenoxy) is 1. The Hall–Kier alpha value is -1.26. The second-order valence-corrected chi connectivity index (χ2v) is 7.75. The molecule has 0 spiro atoms. The van der Waals surface area contributed by atoms with E-state index in [0.717, 1.165) is 32.7 Å². The molecule has 0 radical (unpaired) electrons. The molecule has 0 unspecified atom stereocenters. The summed E-state index contributed by atoms with van der Waals surface area (Å²) in [6, 6.07) is 0. The SMILES string of the molecule is CCOC(=O)C12CNCCNCC(C)(CNCCNC1)CNCCNC2=O. The number of carbonyl (C=O) groups excluding carboxylic acids is 2. The molecule has 3 fully saturated rings. The molecule has 6 N–H and O–H groups in total. The van der Waals surface area contributed by atoms with Gasteiger partial charge in [-0.1, -0.05) is 6.92 Å². The Balaban J connectivity index is 2.24. The minimum absolute atomic E-state index is 0.0763. The molecule has 0 aromatic rings. The summed E-state index contributed by atoms with van der Waals surface area (Å²) in [5, 5.41) is 19.9. The minimum atomic E-state index is -1.28. The summed E-state index contributed by atoms with van der Waals surface area (Å²) < 4.78 is 5.28. The number of rotatable bonds is 2. The number of fused-ring (bicyclic) bond motifs is 15. The smallest absolute Gasteiger partial charge is 0.324 e. The van der Waals surface area contributed by atoms with Gasteiger partial charge < -0.3 is 36.6 Å². The third-order valence-corrected chi connectivity index (χ3v) is 5.15. The second-order valence-electron chi connectivity index (χ2n) is 7.75. The third-order valence-electron chi connectivity index (χ3n) is 5.15. The highest BCUT2D eigenvalue weighted by Gasteiger charge is 2.46. The number of esters is 1. The first-order valence-electron chi connectivity index (χ1n) is 10.0. The summed E-state index contributed by atoms with van der Waals surface area (Å²) in [6.45, 7) is 11.4. The van der Waals surface area contributed by atoms with Crippen LogP contribution < -0.4 is 31.9 Å². The zero-order chi connectivity index (χ0) is 19.6. The van der Waals surface area contributed by atoms with Gasteiger partial charge in [0, 0.05) is 77.4 Å². The standard InChI is InChI=1S/C18H36N6O3/c1-3-27-16(26)18-13-22-6-4-19-10-17(2,11-20-5-7-23-14-18)12-21-8-9-24-15(18)25/h19-23H,3-14H2,1-2H3,(H,24,25). The van der Waals surface area contributed by atoms with Crippen molar-refractivity contribution in [1.82, 2.24) is 31.9 Å². The predicted octanol–water partition coefficient (Wildman–Crippen LogP) is -2.37. The average Bonchev–Trinajstić information content (AvgIpc) is 2.64. The van der Waals surface area contributed by atoms with E-state index in [1.807, 2.05) is 0 Å². The first kappa shape index (κ1) is 22.0. The molecule has 0 aromatic heterocycles. The topological polar surface area (TPSA) is 116 Å². The molecule has 0 atom stereocenters. The van der Waals surface area contributed by atoms with Gasteiger partial charge in [-0.15, -0.1) is 0 Å². The number of amides is 1. The Morgan fingerprint density at radius 1 is 0.852 bits per heavy atom. The lowest BCUT2D eigenvalue weighted by Crippen LogP contribution is -2.60. The van der Waals surface area contributed by atoms with Gasteiger partial charge in [-0.05, 0) is 6.92 Å². The van der Waals surface area contributed by atoms with Crippen molar-refractivity contribution in [2.24, 2.45) is 10.8 Å². The van der Waals surface area contributed by atoms with Crippen LogP contribution in [0.5, 0.6) is 0 Å². The van der Waals surface area contributed by atoms with Gasteiger partial charge in [0.05, 0.1) is 6.61 Å². The van der Waals surface area contributed by atoms with E-state index in [9.17, 15) is 9.59 Å². The predicted molar refractivity (Wildman–Crippen MR) is 105 cm³/mol. The lowest BCUT2D eigenvalue weighted by Gasteiger charge is -2.34. The van der Waals surface area contributed by atoms with Crippen LogP contribution in [0.25, 0.3) is 0 Å². The fourth-order valence-electron chi connectivity index (χ4n) is 3.48. The van der Waals surface area contributed by atoms with Gasteiger partial charge in [0.1, 0.15) is 0 Å². The van der Waals surface area contributed by atoms with E-state index in [0.29, 0.717) is 26.2 Å². The molecule has 2 bridgehead atoms. The minimum Gasteiger partial charge on any atom is -0.465 e. The molecule has 3 rings (SSSR count). The van der Waals surface area contributed by atoms with Crippen molar-refractivity contribution in [3.05, 3.63) is 0 Å². The third kappa shape index (κ3) is 6.39. The molecule has 9 nitrogen and oxygen atoms in total. The number of hydrogen-bond donors (Lipinski definition) is 6. The van der Waals surface area contributed by atoms with Crippen molar-refractivity contribution in [3.8, 4) is 0 Å². The maximum atomic E-state index is 13.0. The fraction of sp³-hybridized carbons (Fsp3) is 0.889. The molecule has 3 aliphatic rings. The van der Waals surface area contributed by atoms with Crippen LogP contribution in [0.1, 0.15) is 13.8 Å². The lowest BCUT2D eigenvalue weighted by molar-refractivity contribution is -0.160. The van der Waals surface area contributed by atoms with E-state index in [1.54, 1.807) is 6.92 Å². The Bertz CT molecular complexity index is 472. The van der Waals surface area contributed by atoms with Crippen molar-refractivity contribution in [2.75, 3.05) is 78.6 Å². The molecule has 156 valence electrons. The lowest BCUT2D eigenvalue weighted by atomic mass is 9.86. The molecule has 9 heteroatoms. The van der Waals surface area contributed by atoms with Crippen LogP contribution in [0.3, 0.4) is 0 Å². The first-order chi connectivity index (χ1) is 13.0. The van der Waals surface area contributed by atoms with Crippen molar-refractivity contribution in [3.63, 3.8) is 0 Å². The molecule has 27 heavy (non-hydrogen) atoms. The van der Waals surface area contributed by atoms with E-state index >= 15 is 0 Å². The van der Waals surface area contributed by atoms with Gasteiger partial charge >= 0.3 is 5.97 Å². The van der Waals surface area contributed by atoms with Crippen LogP contribution in [0.4, 0.5) is 0 Å². The molecule has 3 aliphatic heterocycles. The molecular weight excluding hydrogens is 348 g/mol. The Morgan fingerprint density at radius 3 is 1.78 bits per heavy atom. The second kappa shape index (κ2) is 10.9. The zero-order valence-corrected chi connectivity index (χ0v) is 16.7.